The van der Waals surface area contributed by atoms with E-state index in [-0.39, 0.29) is 5.41 Å². The Kier molecular flexibility index (Phi) is 6.17. The molecule has 7 atom stereocenters. The number of ketones is 1. The number of rotatable bonds is 4. The van der Waals surface area contributed by atoms with Crippen LogP contribution < -0.4 is 0 Å². The number of aliphatic hydroxyl groups is 1. The Labute approximate surface area is 212 Å². The molecule has 1 aromatic carbocycles. The summed E-state index contributed by atoms with van der Waals surface area (Å²) in [7, 11) is 0. The van der Waals surface area contributed by atoms with Gasteiger partial charge < -0.3 is 5.11 Å². The van der Waals surface area contributed by atoms with E-state index in [0.717, 1.165) is 83.2 Å². The summed E-state index contributed by atoms with van der Waals surface area (Å²) in [5.41, 5.74) is 1.20. The summed E-state index contributed by atoms with van der Waals surface area (Å²) in [5.74, 6) is 3.32. The van der Waals surface area contributed by atoms with Crippen LogP contribution in [0, 0.1) is 34.5 Å². The van der Waals surface area contributed by atoms with Gasteiger partial charge in [-0.25, -0.2) is 0 Å². The van der Waals surface area contributed by atoms with E-state index in [1.807, 2.05) is 0 Å². The molecule has 4 saturated carbocycles. The second-order valence-electron chi connectivity index (χ2n) is 13.5. The van der Waals surface area contributed by atoms with Crippen LogP contribution in [0.1, 0.15) is 77.2 Å². The van der Waals surface area contributed by atoms with Crippen LogP contribution in [0.15, 0.2) is 30.3 Å². The summed E-state index contributed by atoms with van der Waals surface area (Å²) in [6, 6.07) is 10.8. The number of nitrogens with zero attached hydrogens (tertiary/aromatic N) is 2. The van der Waals surface area contributed by atoms with Crippen LogP contribution in [0.4, 0.5) is 0 Å². The minimum absolute atomic E-state index is 0.0254. The molecule has 1 aromatic rings. The first-order valence-electron chi connectivity index (χ1n) is 14.5. The van der Waals surface area contributed by atoms with Gasteiger partial charge in [0.2, 0.25) is 0 Å². The average molecular weight is 479 g/mol. The Balaban J connectivity index is 1.06. The summed E-state index contributed by atoms with van der Waals surface area (Å²) in [4.78, 5) is 17.8. The minimum atomic E-state index is -0.523. The molecular weight excluding hydrogens is 432 g/mol. The first kappa shape index (κ1) is 24.1. The highest BCUT2D eigenvalue weighted by Crippen LogP contribution is 2.66. The van der Waals surface area contributed by atoms with Crippen molar-refractivity contribution in [1.82, 2.24) is 9.80 Å². The zero-order valence-corrected chi connectivity index (χ0v) is 22.1. The van der Waals surface area contributed by atoms with Crippen molar-refractivity contribution in [2.45, 2.75) is 83.8 Å². The lowest BCUT2D eigenvalue weighted by Gasteiger charge is -2.61. The van der Waals surface area contributed by atoms with Gasteiger partial charge in [-0.05, 0) is 86.0 Å². The van der Waals surface area contributed by atoms with Gasteiger partial charge in [-0.15, -0.1) is 0 Å². The third-order valence-electron chi connectivity index (χ3n) is 11.8. The quantitative estimate of drug-likeness (QED) is 0.650. The highest BCUT2D eigenvalue weighted by atomic mass is 16.3. The largest absolute Gasteiger partial charge is 0.389 e. The number of hydrogen-bond acceptors (Lipinski definition) is 4. The van der Waals surface area contributed by atoms with E-state index in [2.05, 4.69) is 54.0 Å². The molecule has 1 aliphatic heterocycles. The van der Waals surface area contributed by atoms with Crippen molar-refractivity contribution in [1.29, 1.82) is 0 Å². The molecule has 0 radical (unpaired) electrons. The van der Waals surface area contributed by atoms with Crippen LogP contribution in [0.2, 0.25) is 0 Å². The Morgan fingerprint density at radius 1 is 0.886 bits per heavy atom. The lowest BCUT2D eigenvalue weighted by atomic mass is 9.44. The van der Waals surface area contributed by atoms with Gasteiger partial charge in [0, 0.05) is 51.1 Å². The summed E-state index contributed by atoms with van der Waals surface area (Å²) in [5, 5.41) is 11.8. The predicted molar refractivity (Wildman–Crippen MR) is 140 cm³/mol. The summed E-state index contributed by atoms with van der Waals surface area (Å²) in [6.07, 6.45) is 9.95. The molecule has 192 valence electrons. The molecular formula is C31H46N2O2. The highest BCUT2D eigenvalue weighted by molar-refractivity contribution is 5.87. The van der Waals surface area contributed by atoms with E-state index in [0.29, 0.717) is 23.0 Å². The first-order valence-corrected chi connectivity index (χ1v) is 14.5. The molecule has 0 unspecified atom stereocenters. The lowest BCUT2D eigenvalue weighted by Crippen LogP contribution is -2.59. The van der Waals surface area contributed by atoms with E-state index in [1.165, 1.54) is 31.2 Å². The lowest BCUT2D eigenvalue weighted by molar-refractivity contribution is -0.158. The van der Waals surface area contributed by atoms with Gasteiger partial charge in [-0.2, -0.15) is 0 Å². The zero-order valence-electron chi connectivity index (χ0n) is 22.1. The molecule has 0 amide bonds. The number of piperazine rings is 1. The molecule has 1 saturated heterocycles. The molecule has 1 heterocycles. The molecule has 0 aromatic heterocycles. The second kappa shape index (κ2) is 8.96. The molecule has 4 heteroatoms. The fraction of sp³-hybridized carbons (Fsp3) is 0.774. The fourth-order valence-corrected chi connectivity index (χ4v) is 9.60. The molecule has 0 bridgehead atoms. The average Bonchev–Trinajstić information content (AvgIpc) is 3.16. The van der Waals surface area contributed by atoms with Gasteiger partial charge >= 0.3 is 0 Å². The number of β-amino-alcohol motifs (C(OH)–C–C–N with tert-alkyl or cyclic N) is 1. The van der Waals surface area contributed by atoms with Crippen molar-refractivity contribution in [3.8, 4) is 0 Å². The van der Waals surface area contributed by atoms with E-state index >= 15 is 0 Å². The topological polar surface area (TPSA) is 43.8 Å². The third kappa shape index (κ3) is 4.22. The van der Waals surface area contributed by atoms with Crippen LogP contribution in [-0.2, 0) is 11.3 Å². The molecule has 4 aliphatic carbocycles. The SMILES string of the molecule is C[C@]12CC[C@](O)(CN3CCN(Cc4ccccc4)CC3)C[C@@H]1CC[C@@H]1[C@@H]2CC[C@]2(C)C(=O)CC[C@@H]12. The van der Waals surface area contributed by atoms with Crippen LogP contribution in [0.3, 0.4) is 0 Å². The monoisotopic (exact) mass is 478 g/mol. The van der Waals surface area contributed by atoms with Crippen molar-refractivity contribution >= 4 is 5.78 Å². The molecule has 5 fully saturated rings. The maximum absolute atomic E-state index is 12.7. The van der Waals surface area contributed by atoms with Gasteiger partial charge in [0.25, 0.3) is 0 Å². The molecule has 4 nitrogen and oxygen atoms in total. The number of hydrogen-bond donors (Lipinski definition) is 1. The van der Waals surface area contributed by atoms with Crippen molar-refractivity contribution in [2.24, 2.45) is 34.5 Å². The molecule has 5 aliphatic rings. The molecule has 6 rings (SSSR count). The van der Waals surface area contributed by atoms with Gasteiger partial charge in [-0.1, -0.05) is 44.2 Å². The Morgan fingerprint density at radius 2 is 1.63 bits per heavy atom. The Hall–Kier alpha value is -1.23. The maximum Gasteiger partial charge on any atom is 0.139 e. The molecule has 35 heavy (non-hydrogen) atoms. The van der Waals surface area contributed by atoms with E-state index in [9.17, 15) is 9.90 Å². The van der Waals surface area contributed by atoms with Crippen molar-refractivity contribution in [3.63, 3.8) is 0 Å². The summed E-state index contributed by atoms with van der Waals surface area (Å²) >= 11 is 0. The van der Waals surface area contributed by atoms with Gasteiger partial charge in [0.1, 0.15) is 5.78 Å². The number of fused-ring (bicyclic) bond motifs is 5. The van der Waals surface area contributed by atoms with Crippen LogP contribution in [-0.4, -0.2) is 59.0 Å². The van der Waals surface area contributed by atoms with Gasteiger partial charge in [-0.3, -0.25) is 14.6 Å². The smallest absolute Gasteiger partial charge is 0.139 e. The van der Waals surface area contributed by atoms with Crippen molar-refractivity contribution in [3.05, 3.63) is 35.9 Å². The first-order chi connectivity index (χ1) is 16.8. The summed E-state index contributed by atoms with van der Waals surface area (Å²) < 4.78 is 0. The second-order valence-corrected chi connectivity index (χ2v) is 13.5. The van der Waals surface area contributed by atoms with E-state index < -0.39 is 5.60 Å². The Bertz CT molecular complexity index is 927. The highest BCUT2D eigenvalue weighted by Gasteiger charge is 2.61. The fourth-order valence-electron chi connectivity index (χ4n) is 9.60. The van der Waals surface area contributed by atoms with E-state index in [1.54, 1.807) is 0 Å². The Morgan fingerprint density at radius 3 is 2.40 bits per heavy atom. The van der Waals surface area contributed by atoms with Crippen LogP contribution in [0.5, 0.6) is 0 Å². The number of carbonyl (C=O) groups is 1. The predicted octanol–water partition coefficient (Wildman–Crippen LogP) is 5.15. The molecule has 1 N–H and O–H groups in total. The van der Waals surface area contributed by atoms with Crippen molar-refractivity contribution in [2.75, 3.05) is 32.7 Å². The number of benzene rings is 1. The number of carbonyl (C=O) groups excluding carboxylic acids is 1. The maximum atomic E-state index is 12.7. The zero-order chi connectivity index (χ0) is 24.3. The van der Waals surface area contributed by atoms with E-state index in [4.69, 9.17) is 0 Å². The normalized spacial score (nSPS) is 44.5. The van der Waals surface area contributed by atoms with Crippen LogP contribution in [0.25, 0.3) is 0 Å². The standard InChI is InChI=1S/C31H46N2O2/c1-29-14-15-31(35,22-33-18-16-32(17-19-33)21-23-6-4-3-5-7-23)20-24(29)8-9-25-26-10-11-28(34)30(26,2)13-12-27(25)29/h3-7,24-27,35H,8-22H2,1-2H3/t24-,25-,26-,27-,29-,30-,31+/m0/s1. The minimum Gasteiger partial charge on any atom is -0.389 e. The number of Topliss-reactive ketones (excluding diaryl/α,β-unsaturated/α-hetero) is 1. The van der Waals surface area contributed by atoms with Crippen molar-refractivity contribution < 1.29 is 9.90 Å². The summed E-state index contributed by atoms with van der Waals surface area (Å²) in [6.45, 7) is 11.1. The van der Waals surface area contributed by atoms with Crippen LogP contribution >= 0.6 is 0 Å². The van der Waals surface area contributed by atoms with Gasteiger partial charge in [0.05, 0.1) is 5.60 Å². The van der Waals surface area contributed by atoms with Gasteiger partial charge in [0.15, 0.2) is 0 Å². The molecule has 0 spiro atoms. The third-order valence-corrected chi connectivity index (χ3v) is 11.8.